The molecule has 19 heavy (non-hydrogen) atoms. The average Bonchev–Trinajstić information content (AvgIpc) is 2.47. The summed E-state index contributed by atoms with van der Waals surface area (Å²) >= 11 is 0. The van der Waals surface area contributed by atoms with Crippen molar-refractivity contribution in [3.63, 3.8) is 0 Å². The molecular formula is C17H21NO. The third kappa shape index (κ3) is 4.11. The molecule has 2 heteroatoms. The minimum Gasteiger partial charge on any atom is -0.489 e. The largest absolute Gasteiger partial charge is 0.489 e. The first-order chi connectivity index (χ1) is 9.29. The van der Waals surface area contributed by atoms with Crippen LogP contribution in [0.15, 0.2) is 54.6 Å². The Morgan fingerprint density at radius 3 is 2.32 bits per heavy atom. The highest BCUT2D eigenvalue weighted by molar-refractivity contribution is 5.29. The van der Waals surface area contributed by atoms with Gasteiger partial charge in [0.1, 0.15) is 12.4 Å². The highest BCUT2D eigenvalue weighted by Crippen LogP contribution is 2.20. The molecule has 0 saturated heterocycles. The van der Waals surface area contributed by atoms with Gasteiger partial charge in [-0.15, -0.1) is 0 Å². The summed E-state index contributed by atoms with van der Waals surface area (Å²) in [6.07, 6.45) is 2.12. The Bertz CT molecular complexity index is 478. The molecule has 1 atom stereocenters. The lowest BCUT2D eigenvalue weighted by molar-refractivity contribution is 0.306. The fourth-order valence-electron chi connectivity index (χ4n) is 2.03. The molecule has 0 aliphatic carbocycles. The molecule has 0 heterocycles. The fraction of sp³-hybridized carbons (Fsp3) is 0.294. The molecular weight excluding hydrogens is 234 g/mol. The molecule has 0 fully saturated rings. The molecule has 0 aromatic heterocycles. The first-order valence-corrected chi connectivity index (χ1v) is 6.82. The number of hydrogen-bond donors (Lipinski definition) is 1. The smallest absolute Gasteiger partial charge is 0.119 e. The Hall–Kier alpha value is -1.80. The number of rotatable bonds is 6. The van der Waals surface area contributed by atoms with E-state index in [1.165, 1.54) is 11.1 Å². The van der Waals surface area contributed by atoms with E-state index in [-0.39, 0.29) is 6.04 Å². The molecule has 0 radical (unpaired) electrons. The van der Waals surface area contributed by atoms with Crippen molar-refractivity contribution in [3.05, 3.63) is 65.7 Å². The summed E-state index contributed by atoms with van der Waals surface area (Å²) in [5.74, 6) is 0.885. The van der Waals surface area contributed by atoms with Gasteiger partial charge in [-0.2, -0.15) is 0 Å². The summed E-state index contributed by atoms with van der Waals surface area (Å²) in [6.45, 7) is 2.75. The molecule has 0 unspecified atom stereocenters. The Balaban J connectivity index is 1.92. The minimum atomic E-state index is 0.133. The maximum absolute atomic E-state index is 6.08. The van der Waals surface area contributed by atoms with Crippen molar-refractivity contribution >= 4 is 0 Å². The highest BCUT2D eigenvalue weighted by atomic mass is 16.5. The number of benzene rings is 2. The van der Waals surface area contributed by atoms with Gasteiger partial charge in [-0.3, -0.25) is 0 Å². The first kappa shape index (κ1) is 13.6. The first-order valence-electron chi connectivity index (χ1n) is 6.82. The Morgan fingerprint density at radius 2 is 1.68 bits per heavy atom. The van der Waals surface area contributed by atoms with Crippen molar-refractivity contribution in [2.45, 2.75) is 32.4 Å². The van der Waals surface area contributed by atoms with Gasteiger partial charge in [-0.05, 0) is 29.7 Å². The Morgan fingerprint density at radius 1 is 1.00 bits per heavy atom. The van der Waals surface area contributed by atoms with Crippen molar-refractivity contribution in [1.29, 1.82) is 0 Å². The number of ether oxygens (including phenoxy) is 1. The van der Waals surface area contributed by atoms with Gasteiger partial charge >= 0.3 is 0 Å². The summed E-state index contributed by atoms with van der Waals surface area (Å²) in [5.41, 5.74) is 8.43. The van der Waals surface area contributed by atoms with E-state index in [0.717, 1.165) is 18.6 Å². The highest BCUT2D eigenvalue weighted by Gasteiger charge is 2.04. The molecule has 2 rings (SSSR count). The lowest BCUT2D eigenvalue weighted by atomic mass is 10.0. The van der Waals surface area contributed by atoms with Gasteiger partial charge in [-0.1, -0.05) is 55.8 Å². The standard InChI is InChI=1S/C17H21NO/c1-2-6-17(18)15-9-11-16(12-10-15)19-13-14-7-4-3-5-8-14/h3-5,7-12,17H,2,6,13,18H2,1H3/t17-/m0/s1. The quantitative estimate of drug-likeness (QED) is 0.844. The third-order valence-corrected chi connectivity index (χ3v) is 3.16. The number of nitrogens with two attached hydrogens (primary N) is 1. The summed E-state index contributed by atoms with van der Waals surface area (Å²) in [7, 11) is 0. The molecule has 0 aliphatic heterocycles. The van der Waals surface area contributed by atoms with Crippen molar-refractivity contribution in [2.24, 2.45) is 5.73 Å². The van der Waals surface area contributed by atoms with E-state index in [0.29, 0.717) is 6.61 Å². The van der Waals surface area contributed by atoms with Crippen LogP contribution in [0, 0.1) is 0 Å². The lowest BCUT2D eigenvalue weighted by Gasteiger charge is -2.12. The third-order valence-electron chi connectivity index (χ3n) is 3.16. The summed E-state index contributed by atoms with van der Waals surface area (Å²) in [4.78, 5) is 0. The molecule has 100 valence electrons. The second-order valence-corrected chi connectivity index (χ2v) is 4.74. The second-order valence-electron chi connectivity index (χ2n) is 4.74. The van der Waals surface area contributed by atoms with Crippen LogP contribution in [0.4, 0.5) is 0 Å². The van der Waals surface area contributed by atoms with Crippen LogP contribution in [0.5, 0.6) is 5.75 Å². The van der Waals surface area contributed by atoms with Crippen LogP contribution in [0.25, 0.3) is 0 Å². The molecule has 0 saturated carbocycles. The zero-order chi connectivity index (χ0) is 13.5. The summed E-state index contributed by atoms with van der Waals surface area (Å²) in [6, 6.07) is 18.4. The fourth-order valence-corrected chi connectivity index (χ4v) is 2.03. The van der Waals surface area contributed by atoms with Crippen LogP contribution in [0.3, 0.4) is 0 Å². The molecule has 2 nitrogen and oxygen atoms in total. The van der Waals surface area contributed by atoms with E-state index in [1.807, 2.05) is 30.3 Å². The van der Waals surface area contributed by atoms with Crippen LogP contribution < -0.4 is 10.5 Å². The molecule has 2 aromatic rings. The SMILES string of the molecule is CCC[C@H](N)c1ccc(OCc2ccccc2)cc1. The predicted molar refractivity (Wildman–Crippen MR) is 79.1 cm³/mol. The van der Waals surface area contributed by atoms with Crippen molar-refractivity contribution in [2.75, 3.05) is 0 Å². The van der Waals surface area contributed by atoms with E-state index in [4.69, 9.17) is 10.5 Å². The topological polar surface area (TPSA) is 35.2 Å². The zero-order valence-corrected chi connectivity index (χ0v) is 11.4. The molecule has 0 amide bonds. The van der Waals surface area contributed by atoms with Gasteiger partial charge in [0.2, 0.25) is 0 Å². The van der Waals surface area contributed by atoms with Crippen LogP contribution >= 0.6 is 0 Å². The van der Waals surface area contributed by atoms with Gasteiger partial charge in [0.05, 0.1) is 0 Å². The van der Waals surface area contributed by atoms with Gasteiger partial charge in [0, 0.05) is 6.04 Å². The van der Waals surface area contributed by atoms with E-state index in [2.05, 4.69) is 31.2 Å². The van der Waals surface area contributed by atoms with Crippen LogP contribution in [-0.4, -0.2) is 0 Å². The molecule has 0 bridgehead atoms. The van der Waals surface area contributed by atoms with Crippen molar-refractivity contribution in [3.8, 4) is 5.75 Å². The summed E-state index contributed by atoms with van der Waals surface area (Å²) in [5, 5.41) is 0. The van der Waals surface area contributed by atoms with E-state index >= 15 is 0 Å². The Kier molecular flexibility index (Phi) is 4.99. The molecule has 2 N–H and O–H groups in total. The van der Waals surface area contributed by atoms with E-state index in [1.54, 1.807) is 0 Å². The van der Waals surface area contributed by atoms with Gasteiger partial charge in [-0.25, -0.2) is 0 Å². The second kappa shape index (κ2) is 6.95. The molecule has 0 spiro atoms. The Labute approximate surface area is 115 Å². The van der Waals surface area contributed by atoms with Crippen LogP contribution in [-0.2, 0) is 6.61 Å². The maximum Gasteiger partial charge on any atom is 0.119 e. The molecule has 0 aliphatic rings. The van der Waals surface area contributed by atoms with Gasteiger partial charge in [0.25, 0.3) is 0 Å². The predicted octanol–water partition coefficient (Wildman–Crippen LogP) is 4.07. The normalized spacial score (nSPS) is 12.1. The summed E-state index contributed by atoms with van der Waals surface area (Å²) < 4.78 is 5.75. The van der Waals surface area contributed by atoms with Crippen LogP contribution in [0.2, 0.25) is 0 Å². The average molecular weight is 255 g/mol. The van der Waals surface area contributed by atoms with Gasteiger partial charge < -0.3 is 10.5 Å². The van der Waals surface area contributed by atoms with Gasteiger partial charge in [0.15, 0.2) is 0 Å². The van der Waals surface area contributed by atoms with Crippen molar-refractivity contribution in [1.82, 2.24) is 0 Å². The van der Waals surface area contributed by atoms with E-state index in [9.17, 15) is 0 Å². The monoisotopic (exact) mass is 255 g/mol. The number of hydrogen-bond acceptors (Lipinski definition) is 2. The maximum atomic E-state index is 6.08. The van der Waals surface area contributed by atoms with E-state index < -0.39 is 0 Å². The van der Waals surface area contributed by atoms with Crippen molar-refractivity contribution < 1.29 is 4.74 Å². The zero-order valence-electron chi connectivity index (χ0n) is 11.4. The lowest BCUT2D eigenvalue weighted by Crippen LogP contribution is -2.09. The minimum absolute atomic E-state index is 0.133. The van der Waals surface area contributed by atoms with Crippen LogP contribution in [0.1, 0.15) is 36.9 Å². The molecule has 2 aromatic carbocycles.